The van der Waals surface area contributed by atoms with E-state index in [1.807, 2.05) is 29.5 Å². The fraction of sp³-hybridized carbons (Fsp3) is 0.125. The molecule has 0 fully saturated rings. The largest absolute Gasteiger partial charge is 0.507 e. The predicted octanol–water partition coefficient (Wildman–Crippen LogP) is 3.81. The molecular formula is C16H14ClIN2O3. The second-order valence-corrected chi connectivity index (χ2v) is 6.08. The van der Waals surface area contributed by atoms with E-state index >= 15 is 0 Å². The number of carbonyl (C=O) groups is 1. The Morgan fingerprint density at radius 2 is 2.17 bits per heavy atom. The van der Waals surface area contributed by atoms with E-state index in [1.54, 1.807) is 30.3 Å². The number of benzene rings is 2. The average molecular weight is 445 g/mol. The summed E-state index contributed by atoms with van der Waals surface area (Å²) in [4.78, 5) is 12.0. The van der Waals surface area contributed by atoms with Crippen LogP contribution in [0.4, 0.5) is 0 Å². The molecule has 0 aliphatic heterocycles. The molecule has 0 spiro atoms. The number of hydrogen-bond acceptors (Lipinski definition) is 4. The Bertz CT molecular complexity index is 750. The standard InChI is InChI=1S/C16H14ClIN2O3/c1-2-23-15-6-4-12(17)7-11(15)9-19-20-16(22)10-3-5-13(18)14(21)8-10/h3-9,21H,2H2,1H3,(H,20,22)/b19-9-. The Kier molecular flexibility index (Phi) is 6.23. The third-order valence-corrected chi connectivity index (χ3v) is 4.00. The maximum Gasteiger partial charge on any atom is 0.271 e. The Morgan fingerprint density at radius 3 is 2.87 bits per heavy atom. The SMILES string of the molecule is CCOc1ccc(Cl)cc1/C=N\NC(=O)c1ccc(I)c(O)c1. The van der Waals surface area contributed by atoms with Crippen LogP contribution in [0.2, 0.25) is 5.02 Å². The molecular weight excluding hydrogens is 431 g/mol. The number of rotatable bonds is 5. The van der Waals surface area contributed by atoms with Crippen LogP contribution in [-0.2, 0) is 0 Å². The van der Waals surface area contributed by atoms with E-state index in [2.05, 4.69) is 10.5 Å². The Hall–Kier alpha value is -1.80. The van der Waals surface area contributed by atoms with E-state index in [-0.39, 0.29) is 5.75 Å². The van der Waals surface area contributed by atoms with Gasteiger partial charge >= 0.3 is 0 Å². The number of amides is 1. The first-order valence-corrected chi connectivity index (χ1v) is 8.21. The fourth-order valence-electron chi connectivity index (χ4n) is 1.79. The minimum atomic E-state index is -0.423. The summed E-state index contributed by atoms with van der Waals surface area (Å²) in [6, 6.07) is 9.80. The molecule has 5 nitrogen and oxygen atoms in total. The van der Waals surface area contributed by atoms with Crippen molar-refractivity contribution in [1.82, 2.24) is 5.43 Å². The summed E-state index contributed by atoms with van der Waals surface area (Å²) in [5.74, 6) is 0.255. The summed E-state index contributed by atoms with van der Waals surface area (Å²) >= 11 is 7.93. The van der Waals surface area contributed by atoms with Gasteiger partial charge in [-0.2, -0.15) is 5.10 Å². The van der Waals surface area contributed by atoms with Gasteiger partial charge in [-0.3, -0.25) is 4.79 Å². The summed E-state index contributed by atoms with van der Waals surface area (Å²) < 4.78 is 6.14. The Labute approximate surface area is 152 Å². The number of phenols is 1. The Morgan fingerprint density at radius 1 is 1.39 bits per heavy atom. The molecule has 2 N–H and O–H groups in total. The third kappa shape index (κ3) is 4.84. The average Bonchev–Trinajstić information content (AvgIpc) is 2.52. The van der Waals surface area contributed by atoms with Gasteiger partial charge in [-0.15, -0.1) is 0 Å². The fourth-order valence-corrected chi connectivity index (χ4v) is 2.30. The van der Waals surface area contributed by atoms with Crippen molar-refractivity contribution in [2.45, 2.75) is 6.92 Å². The molecule has 23 heavy (non-hydrogen) atoms. The summed E-state index contributed by atoms with van der Waals surface area (Å²) in [6.45, 7) is 2.39. The summed E-state index contributed by atoms with van der Waals surface area (Å²) in [6.07, 6.45) is 1.46. The number of nitrogens with zero attached hydrogens (tertiary/aromatic N) is 1. The van der Waals surface area contributed by atoms with Crippen LogP contribution in [0.25, 0.3) is 0 Å². The number of aromatic hydroxyl groups is 1. The van der Waals surface area contributed by atoms with Gasteiger partial charge < -0.3 is 9.84 Å². The van der Waals surface area contributed by atoms with E-state index in [9.17, 15) is 9.90 Å². The maximum atomic E-state index is 12.0. The molecule has 0 aliphatic carbocycles. The normalized spacial score (nSPS) is 10.7. The van der Waals surface area contributed by atoms with Gasteiger partial charge in [0.2, 0.25) is 0 Å². The van der Waals surface area contributed by atoms with Crippen molar-refractivity contribution in [3.8, 4) is 11.5 Å². The first-order chi connectivity index (χ1) is 11.0. The number of hydrazone groups is 1. The number of carbonyl (C=O) groups excluding carboxylic acids is 1. The molecule has 0 saturated carbocycles. The highest BCUT2D eigenvalue weighted by Crippen LogP contribution is 2.22. The van der Waals surface area contributed by atoms with Gasteiger partial charge in [0.15, 0.2) is 0 Å². The highest BCUT2D eigenvalue weighted by atomic mass is 127. The molecule has 0 bridgehead atoms. The van der Waals surface area contributed by atoms with Crippen molar-refractivity contribution in [2.75, 3.05) is 6.61 Å². The first kappa shape index (κ1) is 17.6. The molecule has 0 saturated heterocycles. The lowest BCUT2D eigenvalue weighted by molar-refractivity contribution is 0.0954. The summed E-state index contributed by atoms with van der Waals surface area (Å²) in [7, 11) is 0. The van der Waals surface area contributed by atoms with Crippen LogP contribution >= 0.6 is 34.2 Å². The molecule has 120 valence electrons. The molecule has 0 aliphatic rings. The van der Waals surface area contributed by atoms with Gasteiger partial charge in [0.25, 0.3) is 5.91 Å². The zero-order valence-corrected chi connectivity index (χ0v) is 15.1. The summed E-state index contributed by atoms with van der Waals surface area (Å²) in [5.41, 5.74) is 3.37. The van der Waals surface area contributed by atoms with Crippen molar-refractivity contribution in [3.05, 3.63) is 56.1 Å². The quantitative estimate of drug-likeness (QED) is 0.418. The second kappa shape index (κ2) is 8.16. The highest BCUT2D eigenvalue weighted by molar-refractivity contribution is 14.1. The lowest BCUT2D eigenvalue weighted by Gasteiger charge is -2.07. The molecule has 2 aromatic carbocycles. The zero-order chi connectivity index (χ0) is 16.8. The molecule has 0 aromatic heterocycles. The van der Waals surface area contributed by atoms with Crippen molar-refractivity contribution in [2.24, 2.45) is 5.10 Å². The van der Waals surface area contributed by atoms with Gasteiger partial charge in [-0.25, -0.2) is 5.43 Å². The smallest absolute Gasteiger partial charge is 0.271 e. The minimum Gasteiger partial charge on any atom is -0.507 e. The lowest BCUT2D eigenvalue weighted by atomic mass is 10.2. The van der Waals surface area contributed by atoms with E-state index in [0.29, 0.717) is 32.1 Å². The van der Waals surface area contributed by atoms with Gasteiger partial charge in [0.1, 0.15) is 11.5 Å². The molecule has 2 aromatic rings. The van der Waals surface area contributed by atoms with Crippen molar-refractivity contribution < 1.29 is 14.6 Å². The van der Waals surface area contributed by atoms with Crippen molar-refractivity contribution in [3.63, 3.8) is 0 Å². The molecule has 0 unspecified atom stereocenters. The van der Waals surface area contributed by atoms with Crippen LogP contribution in [0.15, 0.2) is 41.5 Å². The van der Waals surface area contributed by atoms with Crippen molar-refractivity contribution >= 4 is 46.3 Å². The highest BCUT2D eigenvalue weighted by Gasteiger charge is 2.07. The molecule has 0 atom stereocenters. The molecule has 1 amide bonds. The summed E-state index contributed by atoms with van der Waals surface area (Å²) in [5, 5.41) is 14.1. The molecule has 0 radical (unpaired) electrons. The number of hydrogen-bond donors (Lipinski definition) is 2. The van der Waals surface area contributed by atoms with Gasteiger partial charge in [0.05, 0.1) is 16.4 Å². The number of nitrogens with one attached hydrogen (secondary N) is 1. The Balaban J connectivity index is 2.10. The van der Waals surface area contributed by atoms with E-state index in [1.165, 1.54) is 12.3 Å². The van der Waals surface area contributed by atoms with Crippen LogP contribution < -0.4 is 10.2 Å². The van der Waals surface area contributed by atoms with Gasteiger partial charge in [0, 0.05) is 16.1 Å². The van der Waals surface area contributed by atoms with Crippen molar-refractivity contribution in [1.29, 1.82) is 0 Å². The number of ether oxygens (including phenoxy) is 1. The van der Waals surface area contributed by atoms with Crippen LogP contribution in [-0.4, -0.2) is 23.8 Å². The monoisotopic (exact) mass is 444 g/mol. The zero-order valence-electron chi connectivity index (χ0n) is 12.2. The van der Waals surface area contributed by atoms with Crippen LogP contribution in [0, 0.1) is 3.57 Å². The first-order valence-electron chi connectivity index (χ1n) is 6.75. The second-order valence-electron chi connectivity index (χ2n) is 4.48. The van der Waals surface area contributed by atoms with Crippen LogP contribution in [0.5, 0.6) is 11.5 Å². The molecule has 2 rings (SSSR count). The number of phenolic OH excluding ortho intramolecular Hbond substituents is 1. The van der Waals surface area contributed by atoms with E-state index in [0.717, 1.165) is 0 Å². The van der Waals surface area contributed by atoms with E-state index in [4.69, 9.17) is 16.3 Å². The van der Waals surface area contributed by atoms with Gasteiger partial charge in [-0.1, -0.05) is 11.6 Å². The van der Waals surface area contributed by atoms with E-state index < -0.39 is 5.91 Å². The maximum absolute atomic E-state index is 12.0. The molecule has 7 heteroatoms. The minimum absolute atomic E-state index is 0.0516. The molecule has 0 heterocycles. The third-order valence-electron chi connectivity index (χ3n) is 2.85. The van der Waals surface area contributed by atoms with Crippen LogP contribution in [0.1, 0.15) is 22.8 Å². The lowest BCUT2D eigenvalue weighted by Crippen LogP contribution is -2.17. The van der Waals surface area contributed by atoms with Crippen LogP contribution in [0.3, 0.4) is 0 Å². The predicted molar refractivity (Wildman–Crippen MR) is 98.5 cm³/mol. The number of halogens is 2. The topological polar surface area (TPSA) is 70.9 Å². The van der Waals surface area contributed by atoms with Gasteiger partial charge in [-0.05, 0) is 65.9 Å².